The molecule has 0 aliphatic heterocycles. The smallest absolute Gasteiger partial charge is 0.220 e. The lowest BCUT2D eigenvalue weighted by Crippen LogP contribution is -2.27. The summed E-state index contributed by atoms with van der Waals surface area (Å²) in [6.45, 7) is 6.23. The first-order chi connectivity index (χ1) is 8.95. The summed E-state index contributed by atoms with van der Waals surface area (Å²) in [6, 6.07) is 5.56. The zero-order valence-electron chi connectivity index (χ0n) is 11.9. The maximum atomic E-state index is 11.9. The number of pyridine rings is 1. The quantitative estimate of drug-likeness (QED) is 0.821. The van der Waals surface area contributed by atoms with E-state index < -0.39 is 0 Å². The standard InChI is InChI=1S/C15H22N2O2/c1-4-15(2,3)13(18)8-9-14(19)17-11-12-7-5-6-10-16-12/h5-7,10H,4,8-9,11H2,1-3H3,(H,17,19). The SMILES string of the molecule is CCC(C)(C)C(=O)CCC(=O)NCc1ccccn1. The Morgan fingerprint density at radius 3 is 2.58 bits per heavy atom. The molecule has 0 atom stereocenters. The van der Waals surface area contributed by atoms with Gasteiger partial charge in [-0.2, -0.15) is 0 Å². The van der Waals surface area contributed by atoms with Gasteiger partial charge in [-0.15, -0.1) is 0 Å². The van der Waals surface area contributed by atoms with Gasteiger partial charge in [0, 0.05) is 24.5 Å². The molecule has 1 heterocycles. The van der Waals surface area contributed by atoms with E-state index in [-0.39, 0.29) is 23.5 Å². The lowest BCUT2D eigenvalue weighted by Gasteiger charge is -2.20. The van der Waals surface area contributed by atoms with Gasteiger partial charge >= 0.3 is 0 Å². The van der Waals surface area contributed by atoms with Crippen LogP contribution in [0, 0.1) is 5.41 Å². The molecule has 104 valence electrons. The van der Waals surface area contributed by atoms with Crippen LogP contribution in [0.25, 0.3) is 0 Å². The number of rotatable bonds is 7. The molecular weight excluding hydrogens is 240 g/mol. The first-order valence-corrected chi connectivity index (χ1v) is 6.65. The number of nitrogens with zero attached hydrogens (tertiary/aromatic N) is 1. The van der Waals surface area contributed by atoms with Crippen LogP contribution in [0.1, 0.15) is 45.7 Å². The molecule has 4 nitrogen and oxygen atoms in total. The van der Waals surface area contributed by atoms with Crippen LogP contribution in [0.3, 0.4) is 0 Å². The van der Waals surface area contributed by atoms with Gasteiger partial charge in [0.05, 0.1) is 12.2 Å². The molecule has 0 saturated heterocycles. The summed E-state index contributed by atoms with van der Waals surface area (Å²) in [5.41, 5.74) is 0.484. The van der Waals surface area contributed by atoms with E-state index in [0.717, 1.165) is 12.1 Å². The minimum absolute atomic E-state index is 0.106. The number of hydrogen-bond acceptors (Lipinski definition) is 3. The third-order valence-electron chi connectivity index (χ3n) is 3.41. The number of ketones is 1. The van der Waals surface area contributed by atoms with Crippen molar-refractivity contribution in [1.82, 2.24) is 10.3 Å². The summed E-state index contributed by atoms with van der Waals surface area (Å²) < 4.78 is 0. The van der Waals surface area contributed by atoms with Gasteiger partial charge in [0.1, 0.15) is 5.78 Å². The summed E-state index contributed by atoms with van der Waals surface area (Å²) in [4.78, 5) is 27.6. The first-order valence-electron chi connectivity index (χ1n) is 6.65. The second-order valence-corrected chi connectivity index (χ2v) is 5.26. The van der Waals surface area contributed by atoms with Gasteiger partial charge in [0.25, 0.3) is 0 Å². The number of Topliss-reactive ketones (excluding diaryl/α,β-unsaturated/α-hetero) is 1. The fourth-order valence-electron chi connectivity index (χ4n) is 1.54. The van der Waals surface area contributed by atoms with Gasteiger partial charge < -0.3 is 5.32 Å². The predicted molar refractivity (Wildman–Crippen MR) is 74.4 cm³/mol. The van der Waals surface area contributed by atoms with Gasteiger partial charge in [0.2, 0.25) is 5.91 Å². The second-order valence-electron chi connectivity index (χ2n) is 5.26. The van der Waals surface area contributed by atoms with E-state index >= 15 is 0 Å². The Balaban J connectivity index is 2.31. The highest BCUT2D eigenvalue weighted by atomic mass is 16.2. The number of nitrogens with one attached hydrogen (secondary N) is 1. The average molecular weight is 262 g/mol. The fourth-order valence-corrected chi connectivity index (χ4v) is 1.54. The number of aromatic nitrogens is 1. The van der Waals surface area contributed by atoms with Gasteiger partial charge in [0.15, 0.2) is 0 Å². The van der Waals surface area contributed by atoms with Crippen LogP contribution in [0.5, 0.6) is 0 Å². The summed E-state index contributed by atoms with van der Waals surface area (Å²) in [7, 11) is 0. The van der Waals surface area contributed by atoms with Crippen LogP contribution in [-0.4, -0.2) is 16.7 Å². The largest absolute Gasteiger partial charge is 0.350 e. The van der Waals surface area contributed by atoms with Crippen molar-refractivity contribution in [3.63, 3.8) is 0 Å². The molecule has 0 unspecified atom stereocenters. The molecule has 1 aromatic heterocycles. The summed E-state index contributed by atoms with van der Waals surface area (Å²) >= 11 is 0. The van der Waals surface area contributed by atoms with Crippen molar-refractivity contribution in [2.45, 2.75) is 46.6 Å². The monoisotopic (exact) mass is 262 g/mol. The summed E-state index contributed by atoms with van der Waals surface area (Å²) in [5, 5.41) is 2.77. The highest BCUT2D eigenvalue weighted by Gasteiger charge is 2.24. The summed E-state index contributed by atoms with van der Waals surface area (Å²) in [6.07, 6.45) is 3.03. The van der Waals surface area contributed by atoms with Crippen molar-refractivity contribution in [2.75, 3.05) is 0 Å². The highest BCUT2D eigenvalue weighted by molar-refractivity contribution is 5.88. The van der Waals surface area contributed by atoms with Gasteiger partial charge in [-0.05, 0) is 18.6 Å². The Hall–Kier alpha value is -1.71. The Kier molecular flexibility index (Phi) is 5.67. The van der Waals surface area contributed by atoms with Crippen molar-refractivity contribution in [2.24, 2.45) is 5.41 Å². The minimum atomic E-state index is -0.332. The van der Waals surface area contributed by atoms with E-state index in [4.69, 9.17) is 0 Å². The average Bonchev–Trinajstić information content (AvgIpc) is 2.43. The third-order valence-corrected chi connectivity index (χ3v) is 3.41. The van der Waals surface area contributed by atoms with E-state index in [2.05, 4.69) is 10.3 Å². The van der Waals surface area contributed by atoms with Gasteiger partial charge in [-0.3, -0.25) is 14.6 Å². The number of carbonyl (C=O) groups is 2. The molecule has 4 heteroatoms. The molecule has 0 aromatic carbocycles. The van der Waals surface area contributed by atoms with Gasteiger partial charge in [-0.25, -0.2) is 0 Å². The van der Waals surface area contributed by atoms with Crippen LogP contribution in [-0.2, 0) is 16.1 Å². The van der Waals surface area contributed by atoms with Crippen LogP contribution in [0.2, 0.25) is 0 Å². The fraction of sp³-hybridized carbons (Fsp3) is 0.533. The normalized spacial score (nSPS) is 11.1. The third kappa shape index (κ3) is 5.20. The minimum Gasteiger partial charge on any atom is -0.350 e. The lowest BCUT2D eigenvalue weighted by molar-refractivity contribution is -0.130. The van der Waals surface area contributed by atoms with Crippen LogP contribution in [0.15, 0.2) is 24.4 Å². The number of hydrogen-bond donors (Lipinski definition) is 1. The topological polar surface area (TPSA) is 59.1 Å². The van der Waals surface area contributed by atoms with Crippen molar-refractivity contribution in [3.8, 4) is 0 Å². The molecule has 0 fully saturated rings. The second kappa shape index (κ2) is 7.02. The molecule has 0 aliphatic rings. The maximum Gasteiger partial charge on any atom is 0.220 e. The molecule has 19 heavy (non-hydrogen) atoms. The molecule has 1 N–H and O–H groups in total. The maximum absolute atomic E-state index is 11.9. The Bertz CT molecular complexity index is 427. The van der Waals surface area contributed by atoms with E-state index in [1.165, 1.54) is 0 Å². The van der Waals surface area contributed by atoms with Crippen LogP contribution in [0.4, 0.5) is 0 Å². The zero-order valence-corrected chi connectivity index (χ0v) is 11.9. The summed E-state index contributed by atoms with van der Waals surface area (Å²) in [5.74, 6) is 0.0360. The molecule has 0 radical (unpaired) electrons. The predicted octanol–water partition coefficient (Wildman–Crippen LogP) is 2.48. The van der Waals surface area contributed by atoms with E-state index in [9.17, 15) is 9.59 Å². The number of carbonyl (C=O) groups excluding carboxylic acids is 2. The molecule has 1 rings (SSSR count). The van der Waals surface area contributed by atoms with Crippen molar-refractivity contribution >= 4 is 11.7 Å². The Labute approximate surface area is 114 Å². The van der Waals surface area contributed by atoms with Gasteiger partial charge in [-0.1, -0.05) is 26.8 Å². The number of amides is 1. The molecular formula is C15H22N2O2. The first kappa shape index (κ1) is 15.3. The van der Waals surface area contributed by atoms with E-state index in [1.54, 1.807) is 6.20 Å². The van der Waals surface area contributed by atoms with Crippen molar-refractivity contribution in [1.29, 1.82) is 0 Å². The van der Waals surface area contributed by atoms with E-state index in [1.807, 2.05) is 39.0 Å². The Morgan fingerprint density at radius 1 is 1.26 bits per heavy atom. The van der Waals surface area contributed by atoms with Crippen molar-refractivity contribution < 1.29 is 9.59 Å². The highest BCUT2D eigenvalue weighted by Crippen LogP contribution is 2.23. The molecule has 0 aliphatic carbocycles. The zero-order chi connectivity index (χ0) is 14.3. The molecule has 0 saturated carbocycles. The molecule has 1 aromatic rings. The molecule has 0 bridgehead atoms. The van der Waals surface area contributed by atoms with Crippen LogP contribution < -0.4 is 5.32 Å². The lowest BCUT2D eigenvalue weighted by atomic mass is 9.83. The van der Waals surface area contributed by atoms with E-state index in [0.29, 0.717) is 13.0 Å². The van der Waals surface area contributed by atoms with Crippen LogP contribution >= 0.6 is 0 Å². The van der Waals surface area contributed by atoms with Crippen molar-refractivity contribution in [3.05, 3.63) is 30.1 Å². The Morgan fingerprint density at radius 2 is 2.00 bits per heavy atom. The molecule has 1 amide bonds. The molecule has 0 spiro atoms.